The van der Waals surface area contributed by atoms with Crippen molar-refractivity contribution in [1.29, 1.82) is 0 Å². The maximum absolute atomic E-state index is 12.7. The SMILES string of the molecule is CCC1CCCCN1C(=O)C(C)OC(=O)c1ccc(S(=O)(=O)NC(C)C)cc1. The molecule has 2 rings (SSSR count). The first-order valence-corrected chi connectivity index (χ1v) is 11.3. The summed E-state index contributed by atoms with van der Waals surface area (Å²) < 4.78 is 32.1. The molecule has 7 nitrogen and oxygen atoms in total. The van der Waals surface area contributed by atoms with Crippen molar-refractivity contribution in [2.75, 3.05) is 6.54 Å². The molecule has 2 unspecified atom stereocenters. The summed E-state index contributed by atoms with van der Waals surface area (Å²) in [7, 11) is -3.62. The molecule has 1 aromatic rings. The average Bonchev–Trinajstić information content (AvgIpc) is 2.66. The Balaban J connectivity index is 2.03. The van der Waals surface area contributed by atoms with E-state index in [1.165, 1.54) is 24.3 Å². The van der Waals surface area contributed by atoms with Crippen LogP contribution < -0.4 is 4.72 Å². The van der Waals surface area contributed by atoms with Crippen LogP contribution in [0.4, 0.5) is 0 Å². The number of piperidine rings is 1. The second-order valence-corrected chi connectivity index (χ2v) is 9.15. The number of carbonyl (C=O) groups is 2. The van der Waals surface area contributed by atoms with E-state index < -0.39 is 22.1 Å². The van der Waals surface area contributed by atoms with E-state index in [0.717, 1.165) is 25.7 Å². The van der Waals surface area contributed by atoms with Gasteiger partial charge in [0.15, 0.2) is 6.10 Å². The molecule has 1 aliphatic rings. The quantitative estimate of drug-likeness (QED) is 0.698. The van der Waals surface area contributed by atoms with Crippen molar-refractivity contribution in [2.24, 2.45) is 0 Å². The molecule has 0 radical (unpaired) electrons. The summed E-state index contributed by atoms with van der Waals surface area (Å²) in [4.78, 5) is 26.9. The van der Waals surface area contributed by atoms with Crippen LogP contribution in [-0.2, 0) is 19.6 Å². The molecule has 1 amide bonds. The van der Waals surface area contributed by atoms with E-state index in [4.69, 9.17) is 4.74 Å². The van der Waals surface area contributed by atoms with Gasteiger partial charge in [-0.25, -0.2) is 17.9 Å². The smallest absolute Gasteiger partial charge is 0.338 e. The van der Waals surface area contributed by atoms with Crippen LogP contribution in [0.25, 0.3) is 0 Å². The predicted molar refractivity (Wildman–Crippen MR) is 106 cm³/mol. The molecule has 0 bridgehead atoms. The van der Waals surface area contributed by atoms with Crippen molar-refractivity contribution in [1.82, 2.24) is 9.62 Å². The fourth-order valence-electron chi connectivity index (χ4n) is 3.38. The molecule has 0 spiro atoms. The van der Waals surface area contributed by atoms with Crippen molar-refractivity contribution in [3.63, 3.8) is 0 Å². The minimum absolute atomic E-state index is 0.0704. The average molecular weight is 411 g/mol. The fourth-order valence-corrected chi connectivity index (χ4v) is 4.63. The summed E-state index contributed by atoms with van der Waals surface area (Å²) in [6, 6.07) is 5.45. The molecule has 1 saturated heterocycles. The molecule has 8 heteroatoms. The van der Waals surface area contributed by atoms with Gasteiger partial charge in [-0.15, -0.1) is 0 Å². The van der Waals surface area contributed by atoms with Crippen molar-refractivity contribution in [3.05, 3.63) is 29.8 Å². The highest BCUT2D eigenvalue weighted by atomic mass is 32.2. The van der Waals surface area contributed by atoms with Crippen LogP contribution in [0, 0.1) is 0 Å². The third kappa shape index (κ3) is 5.54. The van der Waals surface area contributed by atoms with Gasteiger partial charge in [0.2, 0.25) is 10.0 Å². The van der Waals surface area contributed by atoms with Gasteiger partial charge in [0.25, 0.3) is 5.91 Å². The van der Waals surface area contributed by atoms with Crippen LogP contribution in [0.1, 0.15) is 63.7 Å². The number of nitrogens with one attached hydrogen (secondary N) is 1. The minimum Gasteiger partial charge on any atom is -0.449 e. The second-order valence-electron chi connectivity index (χ2n) is 7.44. The molecule has 0 saturated carbocycles. The number of hydrogen-bond acceptors (Lipinski definition) is 5. The van der Waals surface area contributed by atoms with Crippen molar-refractivity contribution in [2.45, 2.75) is 76.5 Å². The Morgan fingerprint density at radius 1 is 1.18 bits per heavy atom. The van der Waals surface area contributed by atoms with E-state index in [1.54, 1.807) is 20.8 Å². The molecule has 0 aromatic heterocycles. The van der Waals surface area contributed by atoms with E-state index in [9.17, 15) is 18.0 Å². The number of benzene rings is 1. The summed E-state index contributed by atoms with van der Waals surface area (Å²) in [5, 5.41) is 0. The first-order chi connectivity index (χ1) is 13.2. The largest absolute Gasteiger partial charge is 0.449 e. The normalized spacial score (nSPS) is 18.8. The van der Waals surface area contributed by atoms with Crippen LogP contribution in [0.15, 0.2) is 29.2 Å². The lowest BCUT2D eigenvalue weighted by Gasteiger charge is -2.36. The molecule has 1 fully saturated rings. The lowest BCUT2D eigenvalue weighted by atomic mass is 9.99. The van der Waals surface area contributed by atoms with Gasteiger partial charge in [0, 0.05) is 18.6 Å². The minimum atomic E-state index is -3.62. The Bertz CT molecular complexity index is 789. The Hall–Kier alpha value is -1.93. The van der Waals surface area contributed by atoms with Gasteiger partial charge in [0.05, 0.1) is 10.5 Å². The van der Waals surface area contributed by atoms with E-state index in [0.29, 0.717) is 6.54 Å². The highest BCUT2D eigenvalue weighted by Crippen LogP contribution is 2.21. The molecule has 1 aromatic carbocycles. The monoisotopic (exact) mass is 410 g/mol. The molecule has 1 heterocycles. The number of nitrogens with zero attached hydrogens (tertiary/aromatic N) is 1. The first-order valence-electron chi connectivity index (χ1n) is 9.79. The Kier molecular flexibility index (Phi) is 7.60. The zero-order valence-electron chi connectivity index (χ0n) is 17.0. The van der Waals surface area contributed by atoms with Gasteiger partial charge in [-0.05, 0) is 70.7 Å². The maximum Gasteiger partial charge on any atom is 0.338 e. The van der Waals surface area contributed by atoms with Crippen LogP contribution in [0.5, 0.6) is 0 Å². The van der Waals surface area contributed by atoms with Crippen LogP contribution in [-0.4, -0.2) is 49.9 Å². The van der Waals surface area contributed by atoms with Crippen LogP contribution >= 0.6 is 0 Å². The molecular weight excluding hydrogens is 380 g/mol. The van der Waals surface area contributed by atoms with Gasteiger partial charge >= 0.3 is 5.97 Å². The van der Waals surface area contributed by atoms with E-state index >= 15 is 0 Å². The lowest BCUT2D eigenvalue weighted by molar-refractivity contribution is -0.143. The lowest BCUT2D eigenvalue weighted by Crippen LogP contribution is -2.48. The summed E-state index contributed by atoms with van der Waals surface area (Å²) in [5.74, 6) is -0.827. The number of ether oxygens (including phenoxy) is 1. The standard InChI is InChI=1S/C20H30N2O5S/c1-5-17-8-6-7-13-22(17)19(23)15(4)27-20(24)16-9-11-18(12-10-16)28(25,26)21-14(2)3/h9-12,14-15,17,21H,5-8,13H2,1-4H3. The number of sulfonamides is 1. The Morgan fingerprint density at radius 2 is 1.82 bits per heavy atom. The Morgan fingerprint density at radius 3 is 2.39 bits per heavy atom. The number of rotatable bonds is 7. The fraction of sp³-hybridized carbons (Fsp3) is 0.600. The number of hydrogen-bond donors (Lipinski definition) is 1. The van der Waals surface area contributed by atoms with Gasteiger partial charge in [-0.2, -0.15) is 0 Å². The number of carbonyl (C=O) groups excluding carboxylic acids is 2. The number of likely N-dealkylation sites (tertiary alicyclic amines) is 1. The molecule has 1 aliphatic heterocycles. The number of amides is 1. The first kappa shape index (κ1) is 22.4. The van der Waals surface area contributed by atoms with Gasteiger partial charge in [-0.1, -0.05) is 6.92 Å². The van der Waals surface area contributed by atoms with Crippen molar-refractivity contribution in [3.8, 4) is 0 Å². The Labute approximate surface area is 167 Å². The zero-order valence-corrected chi connectivity index (χ0v) is 17.8. The number of esters is 1. The van der Waals surface area contributed by atoms with Crippen LogP contribution in [0.2, 0.25) is 0 Å². The van der Waals surface area contributed by atoms with Crippen molar-refractivity contribution < 1.29 is 22.7 Å². The third-order valence-corrected chi connectivity index (χ3v) is 6.48. The van der Waals surface area contributed by atoms with Gasteiger partial charge < -0.3 is 9.64 Å². The summed E-state index contributed by atoms with van der Waals surface area (Å²) in [6.45, 7) is 7.78. The van der Waals surface area contributed by atoms with E-state index in [2.05, 4.69) is 11.6 Å². The second kappa shape index (κ2) is 9.52. The highest BCUT2D eigenvalue weighted by molar-refractivity contribution is 7.89. The molecule has 1 N–H and O–H groups in total. The highest BCUT2D eigenvalue weighted by Gasteiger charge is 2.30. The molecular formula is C20H30N2O5S. The molecule has 2 atom stereocenters. The molecule has 28 heavy (non-hydrogen) atoms. The predicted octanol–water partition coefficient (Wildman–Crippen LogP) is 2.71. The summed E-state index contributed by atoms with van der Waals surface area (Å²) in [6.07, 6.45) is 3.04. The topological polar surface area (TPSA) is 92.8 Å². The summed E-state index contributed by atoms with van der Waals surface area (Å²) >= 11 is 0. The van der Waals surface area contributed by atoms with E-state index in [-0.39, 0.29) is 28.4 Å². The zero-order chi connectivity index (χ0) is 20.9. The maximum atomic E-state index is 12.7. The van der Waals surface area contributed by atoms with Gasteiger partial charge in [-0.3, -0.25) is 4.79 Å². The molecule has 0 aliphatic carbocycles. The van der Waals surface area contributed by atoms with E-state index in [1.807, 2.05) is 4.90 Å². The van der Waals surface area contributed by atoms with Crippen LogP contribution in [0.3, 0.4) is 0 Å². The van der Waals surface area contributed by atoms with Crippen molar-refractivity contribution >= 4 is 21.9 Å². The third-order valence-electron chi connectivity index (χ3n) is 4.80. The summed E-state index contributed by atoms with van der Waals surface area (Å²) in [5.41, 5.74) is 0.203. The molecule has 156 valence electrons. The van der Waals surface area contributed by atoms with Gasteiger partial charge in [0.1, 0.15) is 0 Å².